The first-order chi connectivity index (χ1) is 19.0. The van der Waals surface area contributed by atoms with E-state index in [2.05, 4.69) is 53.7 Å². The van der Waals surface area contributed by atoms with E-state index in [0.29, 0.717) is 24.6 Å². The lowest BCUT2D eigenvalue weighted by Gasteiger charge is -2.30. The third-order valence-corrected chi connectivity index (χ3v) is 8.13. The summed E-state index contributed by atoms with van der Waals surface area (Å²) in [5, 5.41) is 0. The summed E-state index contributed by atoms with van der Waals surface area (Å²) in [7, 11) is 0. The van der Waals surface area contributed by atoms with Crippen LogP contribution in [0, 0.1) is 17.5 Å². The predicted octanol–water partition coefficient (Wildman–Crippen LogP) is 7.44. The van der Waals surface area contributed by atoms with Crippen LogP contribution in [0.1, 0.15) is 29.5 Å². The summed E-state index contributed by atoms with van der Waals surface area (Å²) >= 11 is 0. The Labute approximate surface area is 225 Å². The van der Waals surface area contributed by atoms with Crippen molar-refractivity contribution in [2.75, 3.05) is 0 Å². The molecule has 2 unspecified atom stereocenters. The van der Waals surface area contributed by atoms with Crippen LogP contribution < -0.4 is 9.13 Å². The zero-order valence-electron chi connectivity index (χ0n) is 21.1. The average Bonchev–Trinajstić information content (AvgIpc) is 3.02. The maximum Gasteiger partial charge on any atom is 0.249 e. The molecule has 0 bridgehead atoms. The van der Waals surface area contributed by atoms with E-state index in [9.17, 15) is 4.39 Å². The zero-order chi connectivity index (χ0) is 26.7. The van der Waals surface area contributed by atoms with E-state index in [4.69, 9.17) is 0 Å². The Bertz CT molecular complexity index is 1780. The van der Waals surface area contributed by atoms with Crippen molar-refractivity contribution in [2.45, 2.75) is 24.8 Å². The van der Waals surface area contributed by atoms with Gasteiger partial charge in [-0.1, -0.05) is 48.5 Å². The number of benzene rings is 3. The van der Waals surface area contributed by atoms with E-state index in [-0.39, 0.29) is 11.1 Å². The Kier molecular flexibility index (Phi) is 5.48. The summed E-state index contributed by atoms with van der Waals surface area (Å²) in [4.78, 5) is 0. The van der Waals surface area contributed by atoms with Crippen molar-refractivity contribution in [1.82, 2.24) is 0 Å². The van der Waals surface area contributed by atoms with Gasteiger partial charge in [0, 0.05) is 41.0 Å². The fraction of sp³-hybridized carbons (Fsp3) is 0.118. The Morgan fingerprint density at radius 1 is 0.744 bits per heavy atom. The van der Waals surface area contributed by atoms with Crippen LogP contribution in [0.2, 0.25) is 0 Å². The summed E-state index contributed by atoms with van der Waals surface area (Å²) in [6.45, 7) is 4.58. The van der Waals surface area contributed by atoms with Gasteiger partial charge in [-0.05, 0) is 48.7 Å². The van der Waals surface area contributed by atoms with Crippen molar-refractivity contribution in [1.29, 1.82) is 0 Å². The molecule has 39 heavy (non-hydrogen) atoms. The van der Waals surface area contributed by atoms with Crippen LogP contribution in [0.3, 0.4) is 0 Å². The van der Waals surface area contributed by atoms with Gasteiger partial charge in [-0.25, -0.2) is 13.2 Å². The maximum absolute atomic E-state index is 15.7. The molecule has 0 N–H and O–H groups in total. The zero-order valence-corrected chi connectivity index (χ0v) is 21.1. The van der Waals surface area contributed by atoms with Gasteiger partial charge < -0.3 is 0 Å². The molecule has 2 aliphatic rings. The fourth-order valence-electron chi connectivity index (χ4n) is 6.38. The molecule has 5 heteroatoms. The van der Waals surface area contributed by atoms with Crippen LogP contribution in [0.25, 0.3) is 39.3 Å². The van der Waals surface area contributed by atoms with Crippen LogP contribution in [0.4, 0.5) is 13.2 Å². The Morgan fingerprint density at radius 3 is 2.36 bits per heavy atom. The van der Waals surface area contributed by atoms with E-state index < -0.39 is 29.4 Å². The van der Waals surface area contributed by atoms with Gasteiger partial charge in [0.1, 0.15) is 5.82 Å². The summed E-state index contributed by atoms with van der Waals surface area (Å²) < 4.78 is 49.6. The van der Waals surface area contributed by atoms with Crippen molar-refractivity contribution in [3.8, 4) is 33.6 Å². The van der Waals surface area contributed by atoms with Gasteiger partial charge >= 0.3 is 0 Å². The van der Waals surface area contributed by atoms with Crippen molar-refractivity contribution in [3.63, 3.8) is 0 Å². The van der Waals surface area contributed by atoms with E-state index in [0.717, 1.165) is 33.6 Å². The highest BCUT2D eigenvalue weighted by Crippen LogP contribution is 2.47. The van der Waals surface area contributed by atoms with Gasteiger partial charge in [0.25, 0.3) is 0 Å². The molecule has 2 nitrogen and oxygen atoms in total. The number of aromatic nitrogens is 2. The average molecular weight is 519 g/mol. The second-order valence-corrected chi connectivity index (χ2v) is 10.2. The topological polar surface area (TPSA) is 7.76 Å². The first-order valence-corrected chi connectivity index (χ1v) is 13.1. The number of allylic oxidation sites excluding steroid dienone is 1. The van der Waals surface area contributed by atoms with Gasteiger partial charge in [0.05, 0.1) is 11.5 Å². The van der Waals surface area contributed by atoms with E-state index in [1.54, 1.807) is 12.1 Å². The molecular formula is C34H25F3N2+2. The Hall–Kier alpha value is -4.51. The second kappa shape index (κ2) is 9.05. The molecule has 0 fully saturated rings. The Morgan fingerprint density at radius 2 is 1.51 bits per heavy atom. The molecule has 0 saturated heterocycles. The van der Waals surface area contributed by atoms with Crippen LogP contribution in [0.15, 0.2) is 110 Å². The molecule has 190 valence electrons. The molecule has 3 aromatic carbocycles. The normalized spacial score (nSPS) is 17.5. The number of hydrogen-bond donors (Lipinski definition) is 0. The predicted molar refractivity (Wildman–Crippen MR) is 145 cm³/mol. The van der Waals surface area contributed by atoms with E-state index in [1.165, 1.54) is 0 Å². The molecule has 5 aromatic rings. The number of aryl methyl sites for hydroxylation is 1. The van der Waals surface area contributed by atoms with Gasteiger partial charge in [-0.2, -0.15) is 9.13 Å². The number of halogens is 3. The van der Waals surface area contributed by atoms with Crippen LogP contribution >= 0.6 is 0 Å². The smallest absolute Gasteiger partial charge is 0.207 e. The number of pyridine rings is 2. The summed E-state index contributed by atoms with van der Waals surface area (Å²) in [5.41, 5.74) is 6.62. The molecule has 4 heterocycles. The molecular weight excluding hydrogens is 493 g/mol. The molecule has 2 aromatic heterocycles. The van der Waals surface area contributed by atoms with E-state index in [1.807, 2.05) is 47.2 Å². The second-order valence-electron chi connectivity index (χ2n) is 10.2. The van der Waals surface area contributed by atoms with Gasteiger partial charge in [0.15, 0.2) is 24.0 Å². The highest BCUT2D eigenvalue weighted by atomic mass is 19.2. The van der Waals surface area contributed by atoms with Crippen LogP contribution in [0.5, 0.6) is 0 Å². The monoisotopic (exact) mass is 518 g/mol. The van der Waals surface area contributed by atoms with E-state index >= 15 is 8.78 Å². The third-order valence-electron chi connectivity index (χ3n) is 8.13. The third kappa shape index (κ3) is 3.64. The summed E-state index contributed by atoms with van der Waals surface area (Å²) in [6, 6.07) is 28.1. The number of rotatable bonds is 1. The maximum atomic E-state index is 15.7. The molecule has 0 aliphatic carbocycles. The molecule has 2 atom stereocenters. The minimum absolute atomic E-state index is 0.00191. The van der Waals surface area contributed by atoms with Crippen molar-refractivity contribution >= 4 is 5.70 Å². The first kappa shape index (κ1) is 23.6. The quantitative estimate of drug-likeness (QED) is 0.161. The lowest BCUT2D eigenvalue weighted by Crippen LogP contribution is -2.53. The standard InChI is InChI=1S/C34H25F3N2/c1-21-34-26(31-27(35)19-28(36)33(37)32(31)30-13-7-8-18-38(30)34)16-14-23-11-5-6-12-25(23)29-17-15-24(20-39(21)29)22-9-3-2-4-10-22/h2-13,15,17-20,26,34H,1,14,16H2/q+2. The lowest BCUT2D eigenvalue weighted by molar-refractivity contribution is -0.727. The number of hydrogen-bond acceptors (Lipinski definition) is 0. The van der Waals surface area contributed by atoms with Gasteiger partial charge in [-0.3, -0.25) is 0 Å². The molecule has 2 aliphatic heterocycles. The van der Waals surface area contributed by atoms with Gasteiger partial charge in [-0.15, -0.1) is 0 Å². The summed E-state index contributed by atoms with van der Waals surface area (Å²) in [5.74, 6) is -3.39. The van der Waals surface area contributed by atoms with Crippen molar-refractivity contribution in [2.24, 2.45) is 0 Å². The van der Waals surface area contributed by atoms with Crippen LogP contribution in [-0.4, -0.2) is 0 Å². The molecule has 0 spiro atoms. The minimum Gasteiger partial charge on any atom is -0.207 e. The largest absolute Gasteiger partial charge is 0.249 e. The minimum atomic E-state index is -1.18. The lowest BCUT2D eigenvalue weighted by atomic mass is 9.78. The highest BCUT2D eigenvalue weighted by Gasteiger charge is 2.49. The molecule has 7 rings (SSSR count). The molecule has 0 saturated carbocycles. The highest BCUT2D eigenvalue weighted by molar-refractivity contribution is 5.70. The summed E-state index contributed by atoms with van der Waals surface area (Å²) in [6.07, 6.45) is 5.12. The Balaban J connectivity index is 1.53. The van der Waals surface area contributed by atoms with Crippen molar-refractivity contribution < 1.29 is 22.3 Å². The van der Waals surface area contributed by atoms with Crippen LogP contribution in [-0.2, 0) is 6.42 Å². The molecule has 0 amide bonds. The fourth-order valence-corrected chi connectivity index (χ4v) is 6.38. The van der Waals surface area contributed by atoms with Gasteiger partial charge in [0.2, 0.25) is 23.1 Å². The van der Waals surface area contributed by atoms with Crippen molar-refractivity contribution in [3.05, 3.63) is 139 Å². The molecule has 0 radical (unpaired) electrons. The number of fused-ring (bicyclic) bond motifs is 9. The number of nitrogens with zero attached hydrogens (tertiary/aromatic N) is 2. The first-order valence-electron chi connectivity index (χ1n) is 13.1. The SMILES string of the molecule is C=C1C2C(CCc3ccccc3-c3ccc(-c4ccccc4)c[n+]31)c1c(F)cc(F)c(F)c1-c1cccc[n+]12.